The molecule has 0 aliphatic carbocycles. The first-order valence-corrected chi connectivity index (χ1v) is 6.37. The number of benzene rings is 1. The molecule has 0 saturated carbocycles. The molecule has 4 heteroatoms. The zero-order valence-electron chi connectivity index (χ0n) is 11.0. The summed E-state index contributed by atoms with van der Waals surface area (Å²) in [6, 6.07) is 8.16. The van der Waals surface area contributed by atoms with Crippen molar-refractivity contribution < 1.29 is 9.53 Å². The molecule has 2 rings (SSSR count). The maximum Gasteiger partial charge on any atom is 0.324 e. The third-order valence-electron chi connectivity index (χ3n) is 3.27. The maximum absolute atomic E-state index is 11.7. The minimum atomic E-state index is -0.251. The van der Waals surface area contributed by atoms with Gasteiger partial charge in [0.05, 0.1) is 6.61 Å². The summed E-state index contributed by atoms with van der Waals surface area (Å²) >= 11 is 0. The van der Waals surface area contributed by atoms with Crippen LogP contribution in [-0.2, 0) is 22.6 Å². The molecular weight excluding hydrogens is 228 g/mol. The predicted octanol–water partition coefficient (Wildman–Crippen LogP) is 1.15. The van der Waals surface area contributed by atoms with E-state index in [0.717, 1.165) is 13.1 Å². The second-order valence-electron chi connectivity index (χ2n) is 4.53. The van der Waals surface area contributed by atoms with Gasteiger partial charge >= 0.3 is 5.97 Å². The lowest BCUT2D eigenvalue weighted by Gasteiger charge is -2.21. The van der Waals surface area contributed by atoms with E-state index >= 15 is 0 Å². The molecule has 4 nitrogen and oxygen atoms in total. The quantitative estimate of drug-likeness (QED) is 0.794. The van der Waals surface area contributed by atoms with Crippen LogP contribution in [0.5, 0.6) is 0 Å². The Kier molecular flexibility index (Phi) is 4.33. The van der Waals surface area contributed by atoms with Crippen molar-refractivity contribution in [2.45, 2.75) is 26.1 Å². The molecule has 0 amide bonds. The number of carbonyl (C=O) groups excluding carboxylic acids is 1. The van der Waals surface area contributed by atoms with Crippen LogP contribution >= 0.6 is 0 Å². The van der Waals surface area contributed by atoms with Gasteiger partial charge in [0.1, 0.15) is 6.04 Å². The third kappa shape index (κ3) is 2.89. The lowest BCUT2D eigenvalue weighted by molar-refractivity contribution is -0.146. The highest BCUT2D eigenvalue weighted by Crippen LogP contribution is 2.22. The van der Waals surface area contributed by atoms with Crippen molar-refractivity contribution in [3.8, 4) is 0 Å². The zero-order valence-corrected chi connectivity index (χ0v) is 11.0. The van der Waals surface area contributed by atoms with Crippen molar-refractivity contribution in [2.75, 3.05) is 20.2 Å². The fourth-order valence-electron chi connectivity index (χ4n) is 2.32. The fraction of sp³-hybridized carbons (Fsp3) is 0.500. The first kappa shape index (κ1) is 13.1. The first-order chi connectivity index (χ1) is 8.74. The van der Waals surface area contributed by atoms with E-state index in [4.69, 9.17) is 4.74 Å². The molecule has 1 aliphatic rings. The summed E-state index contributed by atoms with van der Waals surface area (Å²) < 4.78 is 5.05. The van der Waals surface area contributed by atoms with Crippen LogP contribution in [0.4, 0.5) is 0 Å². The van der Waals surface area contributed by atoms with Crippen LogP contribution in [0.1, 0.15) is 18.1 Å². The molecule has 0 fully saturated rings. The molecule has 1 aromatic carbocycles. The number of fused-ring (bicyclic) bond motifs is 1. The van der Waals surface area contributed by atoms with E-state index in [1.54, 1.807) is 7.05 Å². The average molecular weight is 248 g/mol. The van der Waals surface area contributed by atoms with Crippen molar-refractivity contribution >= 4 is 5.97 Å². The number of nitrogens with zero attached hydrogens (tertiary/aromatic N) is 1. The van der Waals surface area contributed by atoms with Gasteiger partial charge in [0.25, 0.3) is 0 Å². The standard InChI is InChI=1S/C14H20N2O2/c1-3-18-14(17)13(15-2)10-16-8-11-6-4-5-7-12(11)9-16/h4-7,13,15H,3,8-10H2,1-2H3. The van der Waals surface area contributed by atoms with E-state index in [9.17, 15) is 4.79 Å². The van der Waals surface area contributed by atoms with Crippen molar-refractivity contribution in [3.05, 3.63) is 35.4 Å². The van der Waals surface area contributed by atoms with E-state index < -0.39 is 0 Å². The van der Waals surface area contributed by atoms with Crippen LogP contribution < -0.4 is 5.32 Å². The van der Waals surface area contributed by atoms with Crippen LogP contribution in [0.2, 0.25) is 0 Å². The van der Waals surface area contributed by atoms with Gasteiger partial charge in [-0.3, -0.25) is 9.69 Å². The normalized spacial score (nSPS) is 16.3. The van der Waals surface area contributed by atoms with Crippen molar-refractivity contribution in [3.63, 3.8) is 0 Å². The van der Waals surface area contributed by atoms with E-state index in [2.05, 4.69) is 34.5 Å². The molecule has 1 atom stereocenters. The highest BCUT2D eigenvalue weighted by molar-refractivity contribution is 5.76. The Hall–Kier alpha value is -1.39. The fourth-order valence-corrected chi connectivity index (χ4v) is 2.32. The van der Waals surface area contributed by atoms with Crippen molar-refractivity contribution in [1.82, 2.24) is 10.2 Å². The second kappa shape index (κ2) is 5.98. The summed E-state index contributed by atoms with van der Waals surface area (Å²) in [7, 11) is 1.80. The van der Waals surface area contributed by atoms with E-state index in [1.165, 1.54) is 11.1 Å². The zero-order chi connectivity index (χ0) is 13.0. The Labute approximate surface area is 108 Å². The summed E-state index contributed by atoms with van der Waals surface area (Å²) in [6.07, 6.45) is 0. The van der Waals surface area contributed by atoms with Gasteiger partial charge in [-0.25, -0.2) is 0 Å². The Bertz CT molecular complexity index is 395. The van der Waals surface area contributed by atoms with E-state index in [-0.39, 0.29) is 12.0 Å². The summed E-state index contributed by atoms with van der Waals surface area (Å²) in [5.74, 6) is -0.170. The molecule has 1 aliphatic heterocycles. The average Bonchev–Trinajstić information content (AvgIpc) is 2.78. The molecule has 1 unspecified atom stereocenters. The molecular formula is C14H20N2O2. The molecule has 1 N–H and O–H groups in total. The van der Waals surface area contributed by atoms with Crippen LogP contribution in [-0.4, -0.2) is 37.1 Å². The number of likely N-dealkylation sites (N-methyl/N-ethyl adjacent to an activating group) is 1. The summed E-state index contributed by atoms with van der Waals surface area (Å²) in [4.78, 5) is 14.0. The Balaban J connectivity index is 1.93. The smallest absolute Gasteiger partial charge is 0.324 e. The number of nitrogens with one attached hydrogen (secondary N) is 1. The molecule has 0 spiro atoms. The summed E-state index contributed by atoms with van der Waals surface area (Å²) in [5.41, 5.74) is 2.72. The van der Waals surface area contributed by atoms with E-state index in [0.29, 0.717) is 13.2 Å². The van der Waals surface area contributed by atoms with Crippen LogP contribution in [0.25, 0.3) is 0 Å². The summed E-state index contributed by atoms with van der Waals surface area (Å²) in [6.45, 7) is 4.76. The third-order valence-corrected chi connectivity index (χ3v) is 3.27. The molecule has 1 aromatic rings. The molecule has 0 aromatic heterocycles. The minimum Gasteiger partial charge on any atom is -0.465 e. The van der Waals surface area contributed by atoms with Crippen molar-refractivity contribution in [2.24, 2.45) is 0 Å². The monoisotopic (exact) mass is 248 g/mol. The Morgan fingerprint density at radius 1 is 1.39 bits per heavy atom. The highest BCUT2D eigenvalue weighted by Gasteiger charge is 2.25. The number of ether oxygens (including phenoxy) is 1. The van der Waals surface area contributed by atoms with Gasteiger partial charge in [-0.1, -0.05) is 24.3 Å². The van der Waals surface area contributed by atoms with Crippen LogP contribution in [0.3, 0.4) is 0 Å². The van der Waals surface area contributed by atoms with Crippen molar-refractivity contribution in [1.29, 1.82) is 0 Å². The van der Waals surface area contributed by atoms with Gasteiger partial charge in [-0.05, 0) is 25.1 Å². The lowest BCUT2D eigenvalue weighted by Crippen LogP contribution is -2.44. The molecule has 18 heavy (non-hydrogen) atoms. The molecule has 0 bridgehead atoms. The lowest BCUT2D eigenvalue weighted by atomic mass is 10.1. The Morgan fingerprint density at radius 2 is 2.00 bits per heavy atom. The van der Waals surface area contributed by atoms with Gasteiger partial charge in [0, 0.05) is 19.6 Å². The number of hydrogen-bond donors (Lipinski definition) is 1. The maximum atomic E-state index is 11.7. The van der Waals surface area contributed by atoms with Crippen LogP contribution in [0, 0.1) is 0 Å². The topological polar surface area (TPSA) is 41.6 Å². The van der Waals surface area contributed by atoms with E-state index in [1.807, 2.05) is 6.92 Å². The molecule has 0 radical (unpaired) electrons. The highest BCUT2D eigenvalue weighted by atomic mass is 16.5. The minimum absolute atomic E-state index is 0.170. The van der Waals surface area contributed by atoms with Gasteiger partial charge < -0.3 is 10.1 Å². The largest absolute Gasteiger partial charge is 0.465 e. The number of esters is 1. The Morgan fingerprint density at radius 3 is 2.50 bits per heavy atom. The van der Waals surface area contributed by atoms with Gasteiger partial charge in [-0.2, -0.15) is 0 Å². The second-order valence-corrected chi connectivity index (χ2v) is 4.53. The van der Waals surface area contributed by atoms with Gasteiger partial charge in [0.2, 0.25) is 0 Å². The molecule has 0 saturated heterocycles. The number of carbonyl (C=O) groups is 1. The number of rotatable bonds is 5. The molecule has 98 valence electrons. The van der Waals surface area contributed by atoms with Gasteiger partial charge in [0.15, 0.2) is 0 Å². The predicted molar refractivity (Wildman–Crippen MR) is 70.0 cm³/mol. The molecule has 1 heterocycles. The van der Waals surface area contributed by atoms with Crippen LogP contribution in [0.15, 0.2) is 24.3 Å². The SMILES string of the molecule is CCOC(=O)C(CN1Cc2ccccc2C1)NC. The van der Waals surface area contributed by atoms with Gasteiger partial charge in [-0.15, -0.1) is 0 Å². The number of hydrogen-bond acceptors (Lipinski definition) is 4. The summed E-state index contributed by atoms with van der Waals surface area (Å²) in [5, 5.41) is 3.02. The first-order valence-electron chi connectivity index (χ1n) is 6.37.